The van der Waals surface area contributed by atoms with Gasteiger partial charge in [-0.2, -0.15) is 13.2 Å². The van der Waals surface area contributed by atoms with Crippen LogP contribution >= 0.6 is 11.6 Å². The third-order valence-electron chi connectivity index (χ3n) is 5.72. The maximum atomic E-state index is 13.1. The highest BCUT2D eigenvalue weighted by Crippen LogP contribution is 2.36. The molecule has 1 fully saturated rings. The molecule has 1 saturated heterocycles. The first kappa shape index (κ1) is 24.3. The first-order chi connectivity index (χ1) is 17.6. The summed E-state index contributed by atoms with van der Waals surface area (Å²) in [7, 11) is 1.71. The second kappa shape index (κ2) is 9.24. The Morgan fingerprint density at radius 2 is 1.70 bits per heavy atom. The number of amides is 4. The summed E-state index contributed by atoms with van der Waals surface area (Å²) in [4.78, 5) is 40.8. The first-order valence-electron chi connectivity index (χ1n) is 10.9. The Balaban J connectivity index is 1.32. The smallest absolute Gasteiger partial charge is 0.326 e. The van der Waals surface area contributed by atoms with Gasteiger partial charge in [0.2, 0.25) is 0 Å². The zero-order valence-corrected chi connectivity index (χ0v) is 19.9. The van der Waals surface area contributed by atoms with Gasteiger partial charge < -0.3 is 15.5 Å². The van der Waals surface area contributed by atoms with Crippen LogP contribution in [0.1, 0.15) is 5.56 Å². The molecule has 2 aromatic heterocycles. The van der Waals surface area contributed by atoms with Gasteiger partial charge in [0, 0.05) is 37.2 Å². The Hall–Kier alpha value is -4.39. The second-order valence-corrected chi connectivity index (χ2v) is 8.57. The molecule has 190 valence electrons. The molecular weight excluding hydrogens is 513 g/mol. The van der Waals surface area contributed by atoms with Gasteiger partial charge in [-0.1, -0.05) is 11.6 Å². The Bertz CT molecular complexity index is 1510. The van der Waals surface area contributed by atoms with E-state index in [1.54, 1.807) is 52.0 Å². The number of carbonyl (C=O) groups is 2. The monoisotopic (exact) mass is 530 g/mol. The number of halogens is 4. The molecule has 0 spiro atoms. The standard InChI is InChI=1S/C23H18ClF3N8O2/c1-33-8-9-34(22(33)37)19-18-20(29-11-28-19)35(12-30-18)15-5-2-13(3-6-15)31-21(36)32-14-4-7-17(24)16(10-14)23(25,26)27/h2-7,10-12H,8-9H2,1H3,(H2,31,32,36). The summed E-state index contributed by atoms with van der Waals surface area (Å²) in [5, 5.41) is 4.46. The van der Waals surface area contributed by atoms with E-state index in [4.69, 9.17) is 11.6 Å². The van der Waals surface area contributed by atoms with E-state index in [2.05, 4.69) is 25.6 Å². The number of benzene rings is 2. The van der Waals surface area contributed by atoms with E-state index in [-0.39, 0.29) is 11.7 Å². The Kier molecular flexibility index (Phi) is 6.07. The minimum atomic E-state index is -4.65. The number of carbonyl (C=O) groups excluding carboxylic acids is 2. The maximum absolute atomic E-state index is 13.1. The normalized spacial score (nSPS) is 13.9. The minimum Gasteiger partial charge on any atom is -0.326 e. The van der Waals surface area contributed by atoms with Crippen molar-refractivity contribution < 1.29 is 22.8 Å². The van der Waals surface area contributed by atoms with Gasteiger partial charge in [0.15, 0.2) is 17.0 Å². The summed E-state index contributed by atoms with van der Waals surface area (Å²) >= 11 is 5.61. The molecule has 3 heterocycles. The summed E-state index contributed by atoms with van der Waals surface area (Å²) < 4.78 is 40.9. The van der Waals surface area contributed by atoms with E-state index in [0.717, 1.165) is 12.1 Å². The first-order valence-corrected chi connectivity index (χ1v) is 11.3. The molecule has 0 bridgehead atoms. The predicted octanol–water partition coefficient (Wildman–Crippen LogP) is 5.00. The fourth-order valence-corrected chi connectivity index (χ4v) is 4.10. The molecular formula is C23H18ClF3N8O2. The van der Waals surface area contributed by atoms with Crippen LogP contribution in [0.25, 0.3) is 16.9 Å². The van der Waals surface area contributed by atoms with Crippen molar-refractivity contribution in [2.45, 2.75) is 6.18 Å². The van der Waals surface area contributed by atoms with Gasteiger partial charge >= 0.3 is 18.2 Å². The average molecular weight is 531 g/mol. The van der Waals surface area contributed by atoms with Crippen LogP contribution in [0.3, 0.4) is 0 Å². The van der Waals surface area contributed by atoms with E-state index in [9.17, 15) is 22.8 Å². The van der Waals surface area contributed by atoms with Crippen LogP contribution < -0.4 is 15.5 Å². The molecule has 2 N–H and O–H groups in total. The molecule has 1 aliphatic rings. The largest absolute Gasteiger partial charge is 0.417 e. The van der Waals surface area contributed by atoms with Gasteiger partial charge in [0.05, 0.1) is 10.6 Å². The maximum Gasteiger partial charge on any atom is 0.417 e. The van der Waals surface area contributed by atoms with Crippen molar-refractivity contribution in [2.24, 2.45) is 0 Å². The number of urea groups is 2. The van der Waals surface area contributed by atoms with Crippen molar-refractivity contribution >= 4 is 52.0 Å². The summed E-state index contributed by atoms with van der Waals surface area (Å²) in [6.45, 7) is 1.07. The van der Waals surface area contributed by atoms with Crippen molar-refractivity contribution in [2.75, 3.05) is 35.7 Å². The fraction of sp³-hybridized carbons (Fsp3) is 0.174. The number of rotatable bonds is 4. The van der Waals surface area contributed by atoms with Crippen LogP contribution in [0, 0.1) is 0 Å². The molecule has 0 saturated carbocycles. The lowest BCUT2D eigenvalue weighted by molar-refractivity contribution is -0.137. The molecule has 0 aliphatic carbocycles. The lowest BCUT2D eigenvalue weighted by atomic mass is 10.2. The quantitative estimate of drug-likeness (QED) is 0.386. The van der Waals surface area contributed by atoms with Crippen LogP contribution in [0.5, 0.6) is 0 Å². The average Bonchev–Trinajstić information content (AvgIpc) is 3.43. The Morgan fingerprint density at radius 1 is 1.00 bits per heavy atom. The number of fused-ring (bicyclic) bond motifs is 1. The van der Waals surface area contributed by atoms with Gasteiger partial charge in [-0.3, -0.25) is 9.47 Å². The molecule has 37 heavy (non-hydrogen) atoms. The third-order valence-corrected chi connectivity index (χ3v) is 6.05. The Labute approximate surface area is 212 Å². The van der Waals surface area contributed by atoms with E-state index >= 15 is 0 Å². The van der Waals surface area contributed by atoms with E-state index in [1.807, 2.05) is 0 Å². The lowest BCUT2D eigenvalue weighted by Gasteiger charge is -2.15. The number of imidazole rings is 1. The van der Waals surface area contributed by atoms with Crippen LogP contribution in [0.4, 0.5) is 40.0 Å². The SMILES string of the molecule is CN1CCN(c2ncnc3c2ncn3-c2ccc(NC(=O)Nc3ccc(Cl)c(C(F)(F)F)c3)cc2)C1=O. The number of hydrogen-bond donors (Lipinski definition) is 2. The number of nitrogens with zero attached hydrogens (tertiary/aromatic N) is 6. The van der Waals surface area contributed by atoms with Crippen LogP contribution in [-0.4, -0.2) is 56.6 Å². The van der Waals surface area contributed by atoms with Crippen molar-refractivity contribution in [1.29, 1.82) is 0 Å². The van der Waals surface area contributed by atoms with Crippen molar-refractivity contribution in [3.05, 3.63) is 65.7 Å². The number of alkyl halides is 3. The van der Waals surface area contributed by atoms with Gasteiger partial charge in [-0.15, -0.1) is 0 Å². The zero-order valence-electron chi connectivity index (χ0n) is 19.1. The highest BCUT2D eigenvalue weighted by molar-refractivity contribution is 6.31. The van der Waals surface area contributed by atoms with Crippen LogP contribution in [0.15, 0.2) is 55.1 Å². The molecule has 0 radical (unpaired) electrons. The number of hydrogen-bond acceptors (Lipinski definition) is 5. The number of anilines is 3. The van der Waals surface area contributed by atoms with E-state index in [1.165, 1.54) is 12.4 Å². The molecule has 10 nitrogen and oxygen atoms in total. The van der Waals surface area contributed by atoms with Crippen LogP contribution in [0.2, 0.25) is 5.02 Å². The predicted molar refractivity (Wildman–Crippen MR) is 131 cm³/mol. The molecule has 5 rings (SSSR count). The third kappa shape index (κ3) is 4.72. The summed E-state index contributed by atoms with van der Waals surface area (Å²) in [6, 6.07) is 8.85. The molecule has 0 unspecified atom stereocenters. The highest BCUT2D eigenvalue weighted by Gasteiger charge is 2.33. The van der Waals surface area contributed by atoms with Gasteiger partial charge in [0.1, 0.15) is 12.7 Å². The topological polar surface area (TPSA) is 108 Å². The van der Waals surface area contributed by atoms with Gasteiger partial charge in [-0.05, 0) is 42.5 Å². The van der Waals surface area contributed by atoms with Gasteiger partial charge in [-0.25, -0.2) is 24.5 Å². The fourth-order valence-electron chi connectivity index (χ4n) is 3.87. The molecule has 1 aliphatic heterocycles. The van der Waals surface area contributed by atoms with Crippen molar-refractivity contribution in [3.8, 4) is 5.69 Å². The molecule has 4 amide bonds. The van der Waals surface area contributed by atoms with E-state index < -0.39 is 22.8 Å². The molecule has 4 aromatic rings. The second-order valence-electron chi connectivity index (χ2n) is 8.16. The number of nitrogens with one attached hydrogen (secondary N) is 2. The summed E-state index contributed by atoms with van der Waals surface area (Å²) in [5.41, 5.74) is 0.931. The lowest BCUT2D eigenvalue weighted by Crippen LogP contribution is -2.30. The summed E-state index contributed by atoms with van der Waals surface area (Å²) in [6.07, 6.45) is -1.73. The van der Waals surface area contributed by atoms with Crippen LogP contribution in [-0.2, 0) is 6.18 Å². The number of aromatic nitrogens is 4. The molecule has 14 heteroatoms. The highest BCUT2D eigenvalue weighted by atomic mass is 35.5. The molecule has 0 atom stereocenters. The van der Waals surface area contributed by atoms with Crippen molar-refractivity contribution in [1.82, 2.24) is 24.4 Å². The van der Waals surface area contributed by atoms with E-state index in [0.29, 0.717) is 41.4 Å². The summed E-state index contributed by atoms with van der Waals surface area (Å²) in [5.74, 6) is 0.420. The van der Waals surface area contributed by atoms with Crippen molar-refractivity contribution in [3.63, 3.8) is 0 Å². The van der Waals surface area contributed by atoms with Gasteiger partial charge in [0.25, 0.3) is 0 Å². The Morgan fingerprint density at radius 3 is 2.38 bits per heavy atom. The molecule has 2 aromatic carbocycles. The zero-order chi connectivity index (χ0) is 26.3. The number of likely N-dealkylation sites (N-methyl/N-ethyl adjacent to an activating group) is 1. The minimum absolute atomic E-state index is 0.0612.